The first-order chi connectivity index (χ1) is 18.8. The quantitative estimate of drug-likeness (QED) is 0.397. The number of aromatic nitrogens is 3. The fourth-order valence-electron chi connectivity index (χ4n) is 5.11. The Hall–Kier alpha value is -2.49. The molecule has 10 heteroatoms. The summed E-state index contributed by atoms with van der Waals surface area (Å²) in [6.45, 7) is 12.9. The Morgan fingerprint density at radius 2 is 1.62 bits per heavy atom. The SMILES string of the molecule is [CH2]C1CCN(Cc2cc(Oc3cnc(N4CCN(C[C@@H](C)O)CC4)nc3)nc(-c3cc(Cl)cc(Cl)c3)c2)CC1. The normalized spacial score (nSPS) is 18.3. The summed E-state index contributed by atoms with van der Waals surface area (Å²) in [5.74, 6) is 2.18. The topological polar surface area (TPSA) is 77.9 Å². The van der Waals surface area contributed by atoms with E-state index in [9.17, 15) is 5.11 Å². The number of pyridine rings is 1. The summed E-state index contributed by atoms with van der Waals surface area (Å²) in [5, 5.41) is 10.8. The zero-order chi connectivity index (χ0) is 27.4. The van der Waals surface area contributed by atoms with Gasteiger partial charge in [0, 0.05) is 60.9 Å². The van der Waals surface area contributed by atoms with E-state index in [1.165, 1.54) is 0 Å². The molecule has 1 radical (unpaired) electrons. The van der Waals surface area contributed by atoms with Gasteiger partial charge in [0.2, 0.25) is 11.8 Å². The number of aliphatic hydroxyl groups excluding tert-OH is 1. The summed E-state index contributed by atoms with van der Waals surface area (Å²) >= 11 is 12.6. The molecule has 5 rings (SSSR count). The van der Waals surface area contributed by atoms with Crippen LogP contribution in [0.15, 0.2) is 42.7 Å². The summed E-state index contributed by atoms with van der Waals surface area (Å²) in [4.78, 5) is 20.7. The number of nitrogens with zero attached hydrogens (tertiary/aromatic N) is 6. The molecule has 0 spiro atoms. The fraction of sp³-hybridized carbons (Fsp3) is 0.448. The van der Waals surface area contributed by atoms with E-state index in [2.05, 4.69) is 37.7 Å². The van der Waals surface area contributed by atoms with Gasteiger partial charge in [-0.3, -0.25) is 9.80 Å². The average molecular weight is 571 g/mol. The van der Waals surface area contributed by atoms with Gasteiger partial charge in [-0.1, -0.05) is 30.1 Å². The van der Waals surface area contributed by atoms with Crippen LogP contribution in [-0.2, 0) is 6.54 Å². The van der Waals surface area contributed by atoms with Gasteiger partial charge in [-0.25, -0.2) is 15.0 Å². The molecule has 0 saturated carbocycles. The predicted molar refractivity (Wildman–Crippen MR) is 155 cm³/mol. The first-order valence-electron chi connectivity index (χ1n) is 13.5. The van der Waals surface area contributed by atoms with Crippen molar-refractivity contribution in [1.82, 2.24) is 24.8 Å². The second-order valence-corrected chi connectivity index (χ2v) is 11.4. The first kappa shape index (κ1) is 28.1. The maximum atomic E-state index is 9.64. The standard InChI is InChI=1S/C29H35Cl2N6O2/c1-20-3-5-35(6-4-20)19-22-11-27(23-13-24(30)15-25(31)14-23)34-28(12-22)39-26-16-32-29(33-17-26)37-9-7-36(8-10-37)18-21(2)38/h11-17,20-21,38H,1,3-10,18-19H2,2H3/t21-/m1/s1. The fourth-order valence-corrected chi connectivity index (χ4v) is 5.63. The van der Waals surface area contributed by atoms with E-state index in [0.29, 0.717) is 40.1 Å². The first-order valence-corrected chi connectivity index (χ1v) is 14.2. The van der Waals surface area contributed by atoms with E-state index in [-0.39, 0.29) is 6.10 Å². The number of anilines is 1. The van der Waals surface area contributed by atoms with Crippen LogP contribution in [0, 0.1) is 12.8 Å². The van der Waals surface area contributed by atoms with Crippen molar-refractivity contribution in [2.24, 2.45) is 5.92 Å². The Kier molecular flexibility index (Phi) is 9.20. The summed E-state index contributed by atoms with van der Waals surface area (Å²) in [6.07, 6.45) is 5.25. The number of benzene rings is 1. The van der Waals surface area contributed by atoms with Crippen LogP contribution in [0.5, 0.6) is 11.6 Å². The average Bonchev–Trinajstić information content (AvgIpc) is 2.90. The van der Waals surface area contributed by atoms with Crippen LogP contribution < -0.4 is 9.64 Å². The largest absolute Gasteiger partial charge is 0.436 e. The number of likely N-dealkylation sites (tertiary alicyclic amines) is 1. The van der Waals surface area contributed by atoms with Crippen LogP contribution in [-0.4, -0.2) is 81.8 Å². The van der Waals surface area contributed by atoms with Crippen LogP contribution in [0.1, 0.15) is 25.3 Å². The van der Waals surface area contributed by atoms with Gasteiger partial charge >= 0.3 is 0 Å². The summed E-state index contributed by atoms with van der Waals surface area (Å²) < 4.78 is 6.17. The van der Waals surface area contributed by atoms with E-state index in [1.54, 1.807) is 18.5 Å². The summed E-state index contributed by atoms with van der Waals surface area (Å²) in [5.41, 5.74) is 2.67. The van der Waals surface area contributed by atoms with Crippen molar-refractivity contribution >= 4 is 29.2 Å². The molecule has 1 atom stereocenters. The van der Waals surface area contributed by atoms with Gasteiger partial charge in [0.25, 0.3) is 0 Å². The highest BCUT2D eigenvalue weighted by Crippen LogP contribution is 2.31. The van der Waals surface area contributed by atoms with Crippen molar-refractivity contribution in [1.29, 1.82) is 0 Å². The molecule has 0 aliphatic carbocycles. The summed E-state index contributed by atoms with van der Waals surface area (Å²) in [6, 6.07) is 9.47. The smallest absolute Gasteiger partial charge is 0.225 e. The number of halogens is 2. The maximum Gasteiger partial charge on any atom is 0.225 e. The predicted octanol–water partition coefficient (Wildman–Crippen LogP) is 5.19. The highest BCUT2D eigenvalue weighted by molar-refractivity contribution is 6.35. The van der Waals surface area contributed by atoms with Crippen molar-refractivity contribution in [3.63, 3.8) is 0 Å². The van der Waals surface area contributed by atoms with Crippen LogP contribution in [0.2, 0.25) is 10.0 Å². The van der Waals surface area contributed by atoms with Crippen molar-refractivity contribution in [2.75, 3.05) is 50.7 Å². The molecule has 39 heavy (non-hydrogen) atoms. The maximum absolute atomic E-state index is 9.64. The van der Waals surface area contributed by atoms with Gasteiger partial charge < -0.3 is 14.7 Å². The van der Waals surface area contributed by atoms with Crippen LogP contribution in [0.3, 0.4) is 0 Å². The molecule has 0 amide bonds. The minimum atomic E-state index is -0.325. The molecule has 8 nitrogen and oxygen atoms in total. The molecule has 3 aromatic rings. The molecule has 2 aliphatic rings. The minimum absolute atomic E-state index is 0.325. The van der Waals surface area contributed by atoms with Crippen LogP contribution in [0.4, 0.5) is 5.95 Å². The third-order valence-corrected chi connectivity index (χ3v) is 7.58. The molecule has 0 bridgehead atoms. The zero-order valence-corrected chi connectivity index (χ0v) is 23.8. The Morgan fingerprint density at radius 1 is 0.949 bits per heavy atom. The lowest BCUT2D eigenvalue weighted by Crippen LogP contribution is -2.48. The lowest BCUT2D eigenvalue weighted by atomic mass is 9.99. The Bertz CT molecular complexity index is 1220. The molecule has 2 saturated heterocycles. The molecule has 1 aromatic carbocycles. The number of hydrogen-bond donors (Lipinski definition) is 1. The van der Waals surface area contributed by atoms with Crippen molar-refractivity contribution in [2.45, 2.75) is 32.4 Å². The van der Waals surface area contributed by atoms with E-state index in [0.717, 1.165) is 75.5 Å². The lowest BCUT2D eigenvalue weighted by Gasteiger charge is -2.35. The second kappa shape index (κ2) is 12.8. The van der Waals surface area contributed by atoms with E-state index >= 15 is 0 Å². The van der Waals surface area contributed by atoms with Gasteiger partial charge in [-0.15, -0.1) is 0 Å². The van der Waals surface area contributed by atoms with Crippen molar-refractivity contribution in [3.05, 3.63) is 65.3 Å². The third-order valence-electron chi connectivity index (χ3n) is 7.15. The Labute approximate surface area is 240 Å². The molecule has 1 N–H and O–H groups in total. The van der Waals surface area contributed by atoms with Gasteiger partial charge in [0.05, 0.1) is 24.2 Å². The number of piperazine rings is 1. The molecule has 4 heterocycles. The van der Waals surface area contributed by atoms with Crippen LogP contribution >= 0.6 is 23.2 Å². The van der Waals surface area contributed by atoms with Gasteiger partial charge in [0.15, 0.2) is 5.75 Å². The van der Waals surface area contributed by atoms with Gasteiger partial charge in [-0.05, 0) is 68.6 Å². The third kappa shape index (κ3) is 7.80. The molecular formula is C29H35Cl2N6O2. The molecule has 207 valence electrons. The number of piperidine rings is 1. The Morgan fingerprint density at radius 3 is 2.26 bits per heavy atom. The van der Waals surface area contributed by atoms with Crippen molar-refractivity contribution in [3.8, 4) is 22.9 Å². The number of β-amino-alcohol motifs (C(OH)–C–C–N with tert-alkyl or cyclic N) is 1. The lowest BCUT2D eigenvalue weighted by molar-refractivity contribution is 0.122. The highest BCUT2D eigenvalue weighted by atomic mass is 35.5. The van der Waals surface area contributed by atoms with Crippen molar-refractivity contribution < 1.29 is 9.84 Å². The molecule has 2 fully saturated rings. The van der Waals surface area contributed by atoms with Gasteiger partial charge in [-0.2, -0.15) is 0 Å². The number of rotatable bonds is 8. The van der Waals surface area contributed by atoms with E-state index in [4.69, 9.17) is 32.9 Å². The highest BCUT2D eigenvalue weighted by Gasteiger charge is 2.20. The molecule has 0 unspecified atom stereocenters. The molecule has 2 aromatic heterocycles. The summed E-state index contributed by atoms with van der Waals surface area (Å²) in [7, 11) is 0. The van der Waals surface area contributed by atoms with E-state index in [1.807, 2.05) is 25.1 Å². The Balaban J connectivity index is 1.32. The van der Waals surface area contributed by atoms with Crippen LogP contribution in [0.25, 0.3) is 11.3 Å². The number of aliphatic hydroxyl groups is 1. The molecular weight excluding hydrogens is 535 g/mol. The molecule has 2 aliphatic heterocycles. The minimum Gasteiger partial charge on any atom is -0.436 e. The van der Waals surface area contributed by atoms with Gasteiger partial charge in [0.1, 0.15) is 0 Å². The van der Waals surface area contributed by atoms with E-state index < -0.39 is 0 Å². The number of ether oxygens (including phenoxy) is 1. The second-order valence-electron chi connectivity index (χ2n) is 10.5. The monoisotopic (exact) mass is 569 g/mol. The number of hydrogen-bond acceptors (Lipinski definition) is 8. The zero-order valence-electron chi connectivity index (χ0n) is 22.3.